The van der Waals surface area contributed by atoms with Gasteiger partial charge in [-0.15, -0.1) is 0 Å². The predicted octanol–water partition coefficient (Wildman–Crippen LogP) is 7.32. The zero-order valence-corrected chi connectivity index (χ0v) is 18.6. The Labute approximate surface area is 183 Å². The van der Waals surface area contributed by atoms with Crippen LogP contribution >= 0.6 is 12.6 Å². The maximum atomic E-state index is 4.03. The minimum atomic E-state index is 1.10. The molecule has 0 bridgehead atoms. The van der Waals surface area contributed by atoms with E-state index in [1.54, 1.807) is 6.26 Å². The van der Waals surface area contributed by atoms with Gasteiger partial charge in [0, 0.05) is 58.2 Å². The summed E-state index contributed by atoms with van der Waals surface area (Å²) < 4.78 is 4.54. The molecule has 5 aromatic rings. The third-order valence-corrected chi connectivity index (χ3v) is 5.91. The van der Waals surface area contributed by atoms with Crippen molar-refractivity contribution in [1.29, 1.82) is 0 Å². The van der Waals surface area contributed by atoms with Gasteiger partial charge in [0.15, 0.2) is 0 Å². The molecule has 3 heteroatoms. The zero-order valence-electron chi connectivity index (χ0n) is 17.7. The smallest absolute Gasteiger partial charge is 0.0569 e. The molecule has 0 atom stereocenters. The predicted molar refractivity (Wildman–Crippen MR) is 137 cm³/mol. The fourth-order valence-electron chi connectivity index (χ4n) is 4.69. The Bertz CT molecular complexity index is 1420. The van der Waals surface area contributed by atoms with E-state index >= 15 is 0 Å². The molecule has 0 fully saturated rings. The summed E-state index contributed by atoms with van der Waals surface area (Å²) >= 11 is 3.53. The van der Waals surface area contributed by atoms with Crippen molar-refractivity contribution in [2.75, 3.05) is 6.26 Å². The SMILES string of the molecule is C=Cc1c(C=C)n(C)c2c(-c3cccc4c5ccccc5n(C)c34)cccc12.CS. The molecule has 2 heterocycles. The number of rotatable bonds is 3. The normalized spacial score (nSPS) is 10.9. The van der Waals surface area contributed by atoms with Gasteiger partial charge < -0.3 is 9.13 Å². The molecule has 0 aliphatic rings. The molecular formula is C27H26N2S. The van der Waals surface area contributed by atoms with Gasteiger partial charge in [0.05, 0.1) is 11.0 Å². The highest BCUT2D eigenvalue weighted by atomic mass is 32.1. The first-order valence-corrected chi connectivity index (χ1v) is 10.8. The van der Waals surface area contributed by atoms with Crippen LogP contribution in [0.25, 0.3) is 56.0 Å². The number of nitrogens with zero attached hydrogens (tertiary/aromatic N) is 2. The molecule has 0 saturated carbocycles. The molecule has 0 radical (unpaired) electrons. The van der Waals surface area contributed by atoms with Gasteiger partial charge in [0.25, 0.3) is 0 Å². The number of thiol groups is 1. The summed E-state index contributed by atoms with van der Waals surface area (Å²) in [7, 11) is 4.26. The quantitative estimate of drug-likeness (QED) is 0.299. The van der Waals surface area contributed by atoms with Gasteiger partial charge >= 0.3 is 0 Å². The van der Waals surface area contributed by atoms with Crippen molar-refractivity contribution in [3.05, 3.63) is 85.1 Å². The fraction of sp³-hybridized carbons (Fsp3) is 0.111. The van der Waals surface area contributed by atoms with Gasteiger partial charge in [0.1, 0.15) is 0 Å². The van der Waals surface area contributed by atoms with E-state index in [0.29, 0.717) is 0 Å². The highest BCUT2D eigenvalue weighted by Crippen LogP contribution is 2.40. The summed E-state index contributed by atoms with van der Waals surface area (Å²) in [5, 5.41) is 3.79. The Hall–Kier alpha value is -3.17. The number of fused-ring (bicyclic) bond motifs is 4. The first-order valence-electron chi connectivity index (χ1n) is 9.95. The molecule has 0 N–H and O–H groups in total. The molecule has 2 aromatic heterocycles. The molecule has 0 aliphatic heterocycles. The van der Waals surface area contributed by atoms with Crippen LogP contribution in [0.15, 0.2) is 73.8 Å². The van der Waals surface area contributed by atoms with Crippen LogP contribution in [0.4, 0.5) is 0 Å². The third kappa shape index (κ3) is 2.73. The Morgan fingerprint density at radius 1 is 0.667 bits per heavy atom. The van der Waals surface area contributed by atoms with E-state index in [1.807, 2.05) is 12.2 Å². The number of aromatic nitrogens is 2. The average Bonchev–Trinajstić information content (AvgIpc) is 3.26. The third-order valence-electron chi connectivity index (χ3n) is 5.91. The number of hydrogen-bond donors (Lipinski definition) is 1. The summed E-state index contributed by atoms with van der Waals surface area (Å²) in [6.45, 7) is 8.05. The van der Waals surface area contributed by atoms with E-state index in [0.717, 1.165) is 11.3 Å². The van der Waals surface area contributed by atoms with Crippen LogP contribution in [0.1, 0.15) is 11.3 Å². The van der Waals surface area contributed by atoms with Crippen LogP contribution in [-0.2, 0) is 14.1 Å². The summed E-state index contributed by atoms with van der Waals surface area (Å²) in [4.78, 5) is 0. The molecule has 0 aliphatic carbocycles. The van der Waals surface area contributed by atoms with Gasteiger partial charge in [0.2, 0.25) is 0 Å². The van der Waals surface area contributed by atoms with Gasteiger partial charge in [-0.2, -0.15) is 12.6 Å². The van der Waals surface area contributed by atoms with Gasteiger partial charge in [-0.25, -0.2) is 0 Å². The number of benzene rings is 3. The summed E-state index contributed by atoms with van der Waals surface area (Å²) in [5.74, 6) is 0. The van der Waals surface area contributed by atoms with Crippen LogP contribution in [0, 0.1) is 0 Å². The van der Waals surface area contributed by atoms with Crippen LogP contribution in [-0.4, -0.2) is 15.4 Å². The molecule has 150 valence electrons. The van der Waals surface area contributed by atoms with Crippen molar-refractivity contribution in [3.8, 4) is 11.1 Å². The molecule has 5 rings (SSSR count). The van der Waals surface area contributed by atoms with Crippen LogP contribution in [0.3, 0.4) is 0 Å². The molecular weight excluding hydrogens is 384 g/mol. The lowest BCUT2D eigenvalue weighted by molar-refractivity contribution is 0.954. The lowest BCUT2D eigenvalue weighted by atomic mass is 9.99. The molecule has 0 saturated heterocycles. The molecule has 0 spiro atoms. The topological polar surface area (TPSA) is 9.86 Å². The van der Waals surface area contributed by atoms with E-state index in [-0.39, 0.29) is 0 Å². The monoisotopic (exact) mass is 410 g/mol. The standard InChI is InChI=1S/C26H22N2.CH4S/c1-5-17-19-12-9-14-21(25(19)27(3)23(17)6-2)22-15-10-13-20-18-11-7-8-16-24(18)28(4)26(20)22;1-2/h5-16H,1-2H2,3-4H3;2H,1H3. The second-order valence-corrected chi connectivity index (χ2v) is 7.25. The van der Waals surface area contributed by atoms with Crippen LogP contribution in [0.2, 0.25) is 0 Å². The lowest BCUT2D eigenvalue weighted by Crippen LogP contribution is -1.94. The number of para-hydroxylation sites is 3. The number of aryl methyl sites for hydroxylation is 2. The molecule has 0 unspecified atom stereocenters. The Kier molecular flexibility index (Phi) is 5.31. The van der Waals surface area contributed by atoms with Gasteiger partial charge in [-0.05, 0) is 18.4 Å². The first-order chi connectivity index (χ1) is 14.7. The second-order valence-electron chi connectivity index (χ2n) is 7.25. The first kappa shape index (κ1) is 20.1. The fourth-order valence-corrected chi connectivity index (χ4v) is 4.69. The summed E-state index contributed by atoms with van der Waals surface area (Å²) in [6.07, 6.45) is 5.54. The van der Waals surface area contributed by atoms with Crippen molar-refractivity contribution < 1.29 is 0 Å². The highest BCUT2D eigenvalue weighted by molar-refractivity contribution is 7.79. The second kappa shape index (κ2) is 7.92. The van der Waals surface area contributed by atoms with Gasteiger partial charge in [-0.1, -0.05) is 73.8 Å². The van der Waals surface area contributed by atoms with Gasteiger partial charge in [-0.3, -0.25) is 0 Å². The largest absolute Gasteiger partial charge is 0.343 e. The number of hydrogen-bond acceptors (Lipinski definition) is 1. The highest BCUT2D eigenvalue weighted by Gasteiger charge is 2.18. The average molecular weight is 411 g/mol. The van der Waals surface area contributed by atoms with E-state index < -0.39 is 0 Å². The molecule has 3 aromatic carbocycles. The molecule has 30 heavy (non-hydrogen) atoms. The van der Waals surface area contributed by atoms with E-state index in [2.05, 4.69) is 110 Å². The van der Waals surface area contributed by atoms with Crippen molar-refractivity contribution in [3.63, 3.8) is 0 Å². The minimum absolute atomic E-state index is 1.10. The Morgan fingerprint density at radius 3 is 1.87 bits per heavy atom. The molecule has 0 amide bonds. The van der Waals surface area contributed by atoms with E-state index in [9.17, 15) is 0 Å². The van der Waals surface area contributed by atoms with Crippen molar-refractivity contribution in [2.45, 2.75) is 0 Å². The Balaban J connectivity index is 0.00000106. The molecule has 2 nitrogen and oxygen atoms in total. The van der Waals surface area contributed by atoms with Crippen LogP contribution in [0.5, 0.6) is 0 Å². The summed E-state index contributed by atoms with van der Waals surface area (Å²) in [6, 6.07) is 21.7. The Morgan fingerprint density at radius 2 is 1.23 bits per heavy atom. The zero-order chi connectivity index (χ0) is 21.4. The minimum Gasteiger partial charge on any atom is -0.343 e. The van der Waals surface area contributed by atoms with E-state index in [1.165, 1.54) is 43.8 Å². The van der Waals surface area contributed by atoms with Crippen LogP contribution < -0.4 is 0 Å². The summed E-state index contributed by atoms with van der Waals surface area (Å²) in [5.41, 5.74) is 8.44. The van der Waals surface area contributed by atoms with E-state index in [4.69, 9.17) is 0 Å². The maximum Gasteiger partial charge on any atom is 0.0569 e. The lowest BCUT2D eigenvalue weighted by Gasteiger charge is -2.10. The van der Waals surface area contributed by atoms with Crippen molar-refractivity contribution >= 4 is 57.5 Å². The van der Waals surface area contributed by atoms with Crippen molar-refractivity contribution in [2.24, 2.45) is 14.1 Å². The van der Waals surface area contributed by atoms with Crippen molar-refractivity contribution in [1.82, 2.24) is 9.13 Å². The maximum absolute atomic E-state index is 4.03.